The summed E-state index contributed by atoms with van der Waals surface area (Å²) in [6.07, 6.45) is -0.856. The first-order valence-electron chi connectivity index (χ1n) is 7.63. The van der Waals surface area contributed by atoms with Gasteiger partial charge in [-0.2, -0.15) is 0 Å². The van der Waals surface area contributed by atoms with Crippen molar-refractivity contribution in [2.75, 3.05) is 26.8 Å². The Kier molecular flexibility index (Phi) is 5.65. The van der Waals surface area contributed by atoms with E-state index in [0.717, 1.165) is 6.54 Å². The summed E-state index contributed by atoms with van der Waals surface area (Å²) in [5, 5.41) is 3.26. The molecule has 2 atom stereocenters. The van der Waals surface area contributed by atoms with Crippen LogP contribution in [0.5, 0.6) is 11.6 Å². The van der Waals surface area contributed by atoms with E-state index < -0.39 is 11.9 Å². The molecule has 1 fully saturated rings. The van der Waals surface area contributed by atoms with Crippen LogP contribution in [0.2, 0.25) is 0 Å². The van der Waals surface area contributed by atoms with Gasteiger partial charge in [0.2, 0.25) is 5.88 Å². The molecule has 2 aromatic rings. The second-order valence-corrected chi connectivity index (χ2v) is 6.16. The SMILES string of the molecule is COc1cccc([C@H](Oc2c(F)cccc2Br)[C@@H]2CNCCO2)n1. The number of hydrogen-bond donors (Lipinski definition) is 1. The summed E-state index contributed by atoms with van der Waals surface area (Å²) in [7, 11) is 1.55. The molecule has 0 radical (unpaired) electrons. The van der Waals surface area contributed by atoms with Crippen LogP contribution >= 0.6 is 15.9 Å². The molecule has 7 heteroatoms. The number of methoxy groups -OCH3 is 1. The molecule has 0 amide bonds. The van der Waals surface area contributed by atoms with Crippen LogP contribution in [0, 0.1) is 5.82 Å². The number of hydrogen-bond acceptors (Lipinski definition) is 5. The van der Waals surface area contributed by atoms with Gasteiger partial charge >= 0.3 is 0 Å². The van der Waals surface area contributed by atoms with Crippen LogP contribution in [0.15, 0.2) is 40.9 Å². The normalized spacial score (nSPS) is 18.9. The lowest BCUT2D eigenvalue weighted by molar-refractivity contribution is -0.0460. The van der Waals surface area contributed by atoms with Gasteiger partial charge in [-0.1, -0.05) is 12.1 Å². The summed E-state index contributed by atoms with van der Waals surface area (Å²) in [5.41, 5.74) is 0.623. The number of rotatable bonds is 5. The molecular weight excluding hydrogens is 379 g/mol. The fraction of sp³-hybridized carbons (Fsp3) is 0.353. The van der Waals surface area contributed by atoms with Crippen molar-refractivity contribution < 1.29 is 18.6 Å². The van der Waals surface area contributed by atoms with Gasteiger partial charge in [-0.15, -0.1) is 0 Å². The number of aromatic nitrogens is 1. The number of nitrogens with zero attached hydrogens (tertiary/aromatic N) is 1. The van der Waals surface area contributed by atoms with Crippen molar-refractivity contribution in [3.8, 4) is 11.6 Å². The molecule has 1 aromatic carbocycles. The summed E-state index contributed by atoms with van der Waals surface area (Å²) in [4.78, 5) is 4.43. The van der Waals surface area contributed by atoms with E-state index in [-0.39, 0.29) is 11.9 Å². The lowest BCUT2D eigenvalue weighted by atomic mass is 10.1. The highest BCUT2D eigenvalue weighted by Crippen LogP contribution is 2.34. The molecule has 1 saturated heterocycles. The Hall–Kier alpha value is -1.70. The Morgan fingerprint density at radius 2 is 2.17 bits per heavy atom. The van der Waals surface area contributed by atoms with Crippen molar-refractivity contribution in [1.29, 1.82) is 0 Å². The molecule has 5 nitrogen and oxygen atoms in total. The van der Waals surface area contributed by atoms with Crippen LogP contribution in [-0.4, -0.2) is 37.9 Å². The number of nitrogens with one attached hydrogen (secondary N) is 1. The maximum atomic E-state index is 14.2. The van der Waals surface area contributed by atoms with Crippen LogP contribution in [0.3, 0.4) is 0 Å². The van der Waals surface area contributed by atoms with Crippen molar-refractivity contribution in [2.45, 2.75) is 12.2 Å². The van der Waals surface area contributed by atoms with Gasteiger partial charge in [-0.25, -0.2) is 9.37 Å². The van der Waals surface area contributed by atoms with E-state index in [0.29, 0.717) is 29.2 Å². The fourth-order valence-electron chi connectivity index (χ4n) is 2.53. The van der Waals surface area contributed by atoms with Crippen LogP contribution in [0.4, 0.5) is 4.39 Å². The van der Waals surface area contributed by atoms with Crippen LogP contribution in [0.1, 0.15) is 11.8 Å². The third-order valence-corrected chi connectivity index (χ3v) is 4.33. The molecule has 1 aromatic heterocycles. The highest BCUT2D eigenvalue weighted by atomic mass is 79.9. The van der Waals surface area contributed by atoms with E-state index in [1.807, 2.05) is 12.1 Å². The summed E-state index contributed by atoms with van der Waals surface area (Å²) in [5.74, 6) is 0.166. The molecular formula is C17H18BrFN2O3. The average Bonchev–Trinajstić information content (AvgIpc) is 2.62. The second kappa shape index (κ2) is 7.92. The van der Waals surface area contributed by atoms with Crippen molar-refractivity contribution in [1.82, 2.24) is 10.3 Å². The quantitative estimate of drug-likeness (QED) is 0.841. The molecule has 24 heavy (non-hydrogen) atoms. The minimum Gasteiger partial charge on any atom is -0.481 e. The molecule has 0 spiro atoms. The van der Waals surface area contributed by atoms with Crippen molar-refractivity contribution >= 4 is 15.9 Å². The Bertz CT molecular complexity index is 675. The summed E-state index contributed by atoms with van der Waals surface area (Å²) in [6.45, 7) is 1.93. The van der Waals surface area contributed by atoms with E-state index in [1.54, 1.807) is 25.3 Å². The summed E-state index contributed by atoms with van der Waals surface area (Å²) >= 11 is 3.33. The summed E-state index contributed by atoms with van der Waals surface area (Å²) in [6, 6.07) is 10.1. The van der Waals surface area contributed by atoms with Gasteiger partial charge in [-0.05, 0) is 34.1 Å². The minimum absolute atomic E-state index is 0.140. The largest absolute Gasteiger partial charge is 0.481 e. The number of ether oxygens (including phenoxy) is 3. The average molecular weight is 397 g/mol. The van der Waals surface area contributed by atoms with Gasteiger partial charge in [0.1, 0.15) is 6.10 Å². The van der Waals surface area contributed by atoms with Gasteiger partial charge in [0.25, 0.3) is 0 Å². The Morgan fingerprint density at radius 1 is 1.33 bits per heavy atom. The fourth-order valence-corrected chi connectivity index (χ4v) is 2.97. The zero-order valence-electron chi connectivity index (χ0n) is 13.2. The Morgan fingerprint density at radius 3 is 2.88 bits per heavy atom. The molecule has 1 aliphatic heterocycles. The van der Waals surface area contributed by atoms with E-state index >= 15 is 0 Å². The van der Waals surface area contributed by atoms with E-state index in [1.165, 1.54) is 6.07 Å². The first-order chi connectivity index (χ1) is 11.7. The third kappa shape index (κ3) is 3.85. The predicted molar refractivity (Wildman–Crippen MR) is 90.9 cm³/mol. The molecule has 3 rings (SSSR count). The maximum absolute atomic E-state index is 14.2. The number of benzene rings is 1. The first kappa shape index (κ1) is 17.1. The molecule has 1 aliphatic rings. The Labute approximate surface area is 148 Å². The van der Waals surface area contributed by atoms with Gasteiger partial charge in [0.05, 0.1) is 23.9 Å². The summed E-state index contributed by atoms with van der Waals surface area (Å²) < 4.78 is 31.7. The lowest BCUT2D eigenvalue weighted by Crippen LogP contribution is -2.43. The minimum atomic E-state index is -0.568. The smallest absolute Gasteiger partial charge is 0.213 e. The monoisotopic (exact) mass is 396 g/mol. The molecule has 128 valence electrons. The topological polar surface area (TPSA) is 52.6 Å². The molecule has 0 aliphatic carbocycles. The van der Waals surface area contributed by atoms with E-state index in [2.05, 4.69) is 26.2 Å². The van der Waals surface area contributed by atoms with Gasteiger partial charge in [0, 0.05) is 19.2 Å². The predicted octanol–water partition coefficient (Wildman–Crippen LogP) is 3.10. The van der Waals surface area contributed by atoms with Crippen LogP contribution in [-0.2, 0) is 4.74 Å². The standard InChI is InChI=1S/C17H18BrFN2O3/c1-22-15-7-3-6-13(21-15)17(14-10-20-8-9-23-14)24-16-11(18)4-2-5-12(16)19/h2-7,14,17,20H,8-10H2,1H3/t14-,17-/m0/s1. The maximum Gasteiger partial charge on any atom is 0.213 e. The second-order valence-electron chi connectivity index (χ2n) is 5.31. The van der Waals surface area contributed by atoms with Gasteiger partial charge in [0.15, 0.2) is 17.7 Å². The molecule has 0 unspecified atom stereocenters. The highest BCUT2D eigenvalue weighted by Gasteiger charge is 2.30. The van der Waals surface area contributed by atoms with Crippen LogP contribution < -0.4 is 14.8 Å². The number of halogens is 2. The highest BCUT2D eigenvalue weighted by molar-refractivity contribution is 9.10. The van der Waals surface area contributed by atoms with Crippen LogP contribution in [0.25, 0.3) is 0 Å². The number of pyridine rings is 1. The number of morpholine rings is 1. The van der Waals surface area contributed by atoms with E-state index in [9.17, 15) is 4.39 Å². The van der Waals surface area contributed by atoms with Crippen molar-refractivity contribution in [3.05, 3.63) is 52.4 Å². The van der Waals surface area contributed by atoms with Gasteiger partial charge in [-0.3, -0.25) is 0 Å². The molecule has 0 bridgehead atoms. The van der Waals surface area contributed by atoms with Crippen molar-refractivity contribution in [2.24, 2.45) is 0 Å². The van der Waals surface area contributed by atoms with E-state index in [4.69, 9.17) is 14.2 Å². The first-order valence-corrected chi connectivity index (χ1v) is 8.42. The molecule has 0 saturated carbocycles. The number of para-hydroxylation sites is 1. The van der Waals surface area contributed by atoms with Crippen molar-refractivity contribution in [3.63, 3.8) is 0 Å². The molecule has 2 heterocycles. The molecule has 1 N–H and O–H groups in total. The Balaban J connectivity index is 1.95. The zero-order chi connectivity index (χ0) is 16.9. The third-order valence-electron chi connectivity index (χ3n) is 3.70. The lowest BCUT2D eigenvalue weighted by Gasteiger charge is -2.31. The zero-order valence-corrected chi connectivity index (χ0v) is 14.8. The van der Waals surface area contributed by atoms with Gasteiger partial charge < -0.3 is 19.5 Å².